The number of aromatic nitrogens is 1. The molecule has 1 amide bonds. The van der Waals surface area contributed by atoms with Crippen LogP contribution in [0.1, 0.15) is 11.1 Å². The maximum Gasteiger partial charge on any atom is 0.407 e. The first kappa shape index (κ1) is 17.5. The molecule has 1 heterocycles. The summed E-state index contributed by atoms with van der Waals surface area (Å²) in [7, 11) is 0. The quantitative estimate of drug-likeness (QED) is 0.609. The van der Waals surface area contributed by atoms with E-state index in [4.69, 9.17) is 4.74 Å². The molecule has 26 heavy (non-hydrogen) atoms. The lowest BCUT2D eigenvalue weighted by Crippen LogP contribution is -2.42. The summed E-state index contributed by atoms with van der Waals surface area (Å²) < 4.78 is 5.11. The van der Waals surface area contributed by atoms with Gasteiger partial charge in [0.1, 0.15) is 6.04 Å². The lowest BCUT2D eigenvalue weighted by molar-refractivity contribution is -0.139. The first-order valence-corrected chi connectivity index (χ1v) is 8.38. The Morgan fingerprint density at radius 3 is 2.58 bits per heavy atom. The van der Waals surface area contributed by atoms with E-state index < -0.39 is 18.1 Å². The summed E-state index contributed by atoms with van der Waals surface area (Å²) in [5.41, 5.74) is 2.81. The molecule has 3 rings (SSSR count). The smallest absolute Gasteiger partial charge is 0.407 e. The number of amides is 1. The Labute approximate surface area is 150 Å². The van der Waals surface area contributed by atoms with E-state index in [1.807, 2.05) is 54.6 Å². The zero-order valence-electron chi connectivity index (χ0n) is 14.1. The van der Waals surface area contributed by atoms with Crippen LogP contribution in [-0.4, -0.2) is 34.8 Å². The van der Waals surface area contributed by atoms with Crippen LogP contribution in [0.4, 0.5) is 4.79 Å². The predicted molar refractivity (Wildman–Crippen MR) is 98.1 cm³/mol. The van der Waals surface area contributed by atoms with Crippen LogP contribution in [0.3, 0.4) is 0 Å². The predicted octanol–water partition coefficient (Wildman–Crippen LogP) is 3.13. The number of hydrogen-bond acceptors (Lipinski definition) is 3. The third kappa shape index (κ3) is 4.42. The molecule has 0 radical (unpaired) electrons. The minimum absolute atomic E-state index is 0.174. The first-order chi connectivity index (χ1) is 12.6. The van der Waals surface area contributed by atoms with Gasteiger partial charge < -0.3 is 20.1 Å². The molecule has 1 atom stereocenters. The average molecular weight is 352 g/mol. The maximum atomic E-state index is 11.9. The molecule has 0 saturated heterocycles. The van der Waals surface area contributed by atoms with Crippen LogP contribution in [0, 0.1) is 0 Å². The van der Waals surface area contributed by atoms with Gasteiger partial charge in [0, 0.05) is 29.9 Å². The van der Waals surface area contributed by atoms with E-state index in [2.05, 4.69) is 10.3 Å². The van der Waals surface area contributed by atoms with Crippen LogP contribution < -0.4 is 5.32 Å². The van der Waals surface area contributed by atoms with E-state index in [-0.39, 0.29) is 13.0 Å². The Bertz CT molecular complexity index is 889. The molecule has 0 bridgehead atoms. The van der Waals surface area contributed by atoms with Crippen molar-refractivity contribution in [2.45, 2.75) is 18.9 Å². The number of aliphatic carboxylic acids is 1. The van der Waals surface area contributed by atoms with Crippen molar-refractivity contribution in [3.63, 3.8) is 0 Å². The molecule has 0 saturated carbocycles. The molecular formula is C20H20N2O4. The van der Waals surface area contributed by atoms with E-state index >= 15 is 0 Å². The molecule has 6 nitrogen and oxygen atoms in total. The van der Waals surface area contributed by atoms with Crippen LogP contribution >= 0.6 is 0 Å². The summed E-state index contributed by atoms with van der Waals surface area (Å²) in [5, 5.41) is 12.8. The van der Waals surface area contributed by atoms with Gasteiger partial charge in [0.2, 0.25) is 0 Å². The highest BCUT2D eigenvalue weighted by Gasteiger charge is 2.22. The molecule has 1 unspecified atom stereocenters. The Kier molecular flexibility index (Phi) is 5.53. The Hall–Kier alpha value is -3.28. The van der Waals surface area contributed by atoms with Crippen LogP contribution in [0.5, 0.6) is 0 Å². The summed E-state index contributed by atoms with van der Waals surface area (Å²) in [6.45, 7) is 0.190. The number of carboxylic acid groups (broad SMARTS) is 1. The number of carbonyl (C=O) groups excluding carboxylic acids is 1. The van der Waals surface area contributed by atoms with E-state index in [1.54, 1.807) is 6.20 Å². The fraction of sp³-hybridized carbons (Fsp3) is 0.200. The van der Waals surface area contributed by atoms with Gasteiger partial charge in [0.05, 0.1) is 6.61 Å². The second-order valence-electron chi connectivity index (χ2n) is 5.97. The number of aromatic amines is 1. The van der Waals surface area contributed by atoms with Gasteiger partial charge in [-0.3, -0.25) is 0 Å². The van der Waals surface area contributed by atoms with E-state index in [0.29, 0.717) is 6.42 Å². The van der Waals surface area contributed by atoms with Crippen LogP contribution in [0.25, 0.3) is 10.9 Å². The summed E-state index contributed by atoms with van der Waals surface area (Å²) in [6.07, 6.45) is 1.79. The highest BCUT2D eigenvalue weighted by atomic mass is 16.5. The standard InChI is InChI=1S/C20H20N2O4/c23-19(24)18(12-15-13-21-17-9-5-4-8-16(15)17)22-20(25)26-11-10-14-6-2-1-3-7-14/h1-9,13,18,21H,10-12H2,(H,22,25)(H,23,24). The Balaban J connectivity index is 1.56. The average Bonchev–Trinajstić information content (AvgIpc) is 3.05. The highest BCUT2D eigenvalue weighted by Crippen LogP contribution is 2.19. The molecule has 3 aromatic rings. The highest BCUT2D eigenvalue weighted by molar-refractivity contribution is 5.85. The summed E-state index contributed by atoms with van der Waals surface area (Å²) in [4.78, 5) is 26.5. The zero-order valence-corrected chi connectivity index (χ0v) is 14.1. The van der Waals surface area contributed by atoms with Crippen LogP contribution in [0.15, 0.2) is 60.8 Å². The van der Waals surface area contributed by atoms with Gasteiger partial charge in [-0.15, -0.1) is 0 Å². The fourth-order valence-corrected chi connectivity index (χ4v) is 2.81. The number of nitrogens with one attached hydrogen (secondary N) is 2. The number of rotatable bonds is 7. The van der Waals surface area contributed by atoms with Crippen molar-refractivity contribution in [2.24, 2.45) is 0 Å². The van der Waals surface area contributed by atoms with Crippen molar-refractivity contribution in [1.82, 2.24) is 10.3 Å². The molecule has 0 aliphatic heterocycles. The molecular weight excluding hydrogens is 332 g/mol. The maximum absolute atomic E-state index is 11.9. The van der Waals surface area contributed by atoms with Crippen molar-refractivity contribution in [1.29, 1.82) is 0 Å². The van der Waals surface area contributed by atoms with Gasteiger partial charge >= 0.3 is 12.1 Å². The van der Waals surface area contributed by atoms with Gasteiger partial charge in [-0.2, -0.15) is 0 Å². The lowest BCUT2D eigenvalue weighted by atomic mass is 10.1. The molecule has 3 N–H and O–H groups in total. The van der Waals surface area contributed by atoms with Crippen molar-refractivity contribution in [2.75, 3.05) is 6.61 Å². The summed E-state index contributed by atoms with van der Waals surface area (Å²) in [6, 6.07) is 16.2. The van der Waals surface area contributed by atoms with Crippen LogP contribution in [0.2, 0.25) is 0 Å². The zero-order chi connectivity index (χ0) is 18.4. The number of H-pyrrole nitrogens is 1. The monoisotopic (exact) mass is 352 g/mol. The van der Waals surface area contributed by atoms with Gasteiger partial charge in [-0.05, 0) is 17.2 Å². The number of para-hydroxylation sites is 1. The Morgan fingerprint density at radius 2 is 1.81 bits per heavy atom. The van der Waals surface area contributed by atoms with E-state index in [9.17, 15) is 14.7 Å². The van der Waals surface area contributed by atoms with E-state index in [0.717, 1.165) is 22.0 Å². The minimum atomic E-state index is -1.10. The minimum Gasteiger partial charge on any atom is -0.480 e. The first-order valence-electron chi connectivity index (χ1n) is 8.38. The molecule has 0 aliphatic rings. The van der Waals surface area contributed by atoms with Crippen molar-refractivity contribution >= 4 is 23.0 Å². The van der Waals surface area contributed by atoms with Gasteiger partial charge in [0.25, 0.3) is 0 Å². The van der Waals surface area contributed by atoms with Crippen molar-refractivity contribution < 1.29 is 19.4 Å². The molecule has 1 aromatic heterocycles. The second-order valence-corrected chi connectivity index (χ2v) is 5.97. The number of carbonyl (C=O) groups is 2. The number of ether oxygens (including phenoxy) is 1. The largest absolute Gasteiger partial charge is 0.480 e. The van der Waals surface area contributed by atoms with Gasteiger partial charge in [-0.1, -0.05) is 48.5 Å². The van der Waals surface area contributed by atoms with Crippen molar-refractivity contribution in [3.8, 4) is 0 Å². The van der Waals surface area contributed by atoms with Crippen LogP contribution in [-0.2, 0) is 22.4 Å². The number of hydrogen-bond donors (Lipinski definition) is 3. The topological polar surface area (TPSA) is 91.4 Å². The number of carboxylic acids is 1. The van der Waals surface area contributed by atoms with Crippen molar-refractivity contribution in [3.05, 3.63) is 71.9 Å². The molecule has 2 aromatic carbocycles. The lowest BCUT2D eigenvalue weighted by Gasteiger charge is -2.14. The summed E-state index contributed by atoms with van der Waals surface area (Å²) in [5.74, 6) is -1.10. The second kappa shape index (κ2) is 8.20. The Morgan fingerprint density at radius 1 is 1.08 bits per heavy atom. The number of fused-ring (bicyclic) bond motifs is 1. The van der Waals surface area contributed by atoms with Gasteiger partial charge in [0.15, 0.2) is 0 Å². The third-order valence-electron chi connectivity index (χ3n) is 4.16. The molecule has 134 valence electrons. The normalized spacial score (nSPS) is 11.8. The number of alkyl carbamates (subject to hydrolysis) is 1. The molecule has 0 fully saturated rings. The molecule has 6 heteroatoms. The number of benzene rings is 2. The molecule has 0 spiro atoms. The third-order valence-corrected chi connectivity index (χ3v) is 4.16. The van der Waals surface area contributed by atoms with E-state index in [1.165, 1.54) is 0 Å². The van der Waals surface area contributed by atoms with Gasteiger partial charge in [-0.25, -0.2) is 9.59 Å². The molecule has 0 aliphatic carbocycles. The SMILES string of the molecule is O=C(NC(Cc1c[nH]c2ccccc12)C(=O)O)OCCc1ccccc1. The summed E-state index contributed by atoms with van der Waals surface area (Å²) >= 11 is 0. The fourth-order valence-electron chi connectivity index (χ4n) is 2.81.